The van der Waals surface area contributed by atoms with Crippen molar-refractivity contribution in [1.29, 1.82) is 0 Å². The third-order valence-corrected chi connectivity index (χ3v) is 3.62. The zero-order valence-corrected chi connectivity index (χ0v) is 9.53. The molecule has 0 fully saturated rings. The summed E-state index contributed by atoms with van der Waals surface area (Å²) in [5.74, 6) is 0. The molecule has 0 unspecified atom stereocenters. The van der Waals surface area contributed by atoms with E-state index in [1.165, 1.54) is 20.5 Å². The fourth-order valence-corrected chi connectivity index (χ4v) is 2.69. The maximum absolute atomic E-state index is 3.86. The van der Waals surface area contributed by atoms with E-state index in [2.05, 4.69) is 36.7 Å². The topological polar surface area (TPSA) is 12.0 Å². The highest BCUT2D eigenvalue weighted by Gasteiger charge is 2.07. The molecule has 1 nitrogen and oxygen atoms in total. The van der Waals surface area contributed by atoms with Gasteiger partial charge in [0.25, 0.3) is 0 Å². The molecule has 1 heterocycles. The second-order valence-electron chi connectivity index (χ2n) is 3.25. The molecule has 0 aliphatic rings. The molecule has 0 atom stereocenters. The predicted octanol–water partition coefficient (Wildman–Crippen LogP) is 4.23. The minimum Gasteiger partial charge on any atom is -0.388 e. The molecule has 0 radical (unpaired) electrons. The summed E-state index contributed by atoms with van der Waals surface area (Å²) in [4.78, 5) is 1.19. The van der Waals surface area contributed by atoms with E-state index in [0.29, 0.717) is 0 Å². The Morgan fingerprint density at radius 3 is 2.67 bits per heavy atom. The Labute approximate surface area is 93.7 Å². The van der Waals surface area contributed by atoms with Gasteiger partial charge in [-0.15, -0.1) is 11.3 Å². The summed E-state index contributed by atoms with van der Waals surface area (Å²) in [5, 5.41) is 4.39. The molecule has 2 aromatic rings. The van der Waals surface area contributed by atoms with Crippen LogP contribution in [-0.2, 0) is 0 Å². The quantitative estimate of drug-likeness (QED) is 0.808. The van der Waals surface area contributed by atoms with Crippen LogP contribution < -0.4 is 5.32 Å². The van der Waals surface area contributed by atoms with Gasteiger partial charge in [-0.2, -0.15) is 0 Å². The molecular weight excluding hydrogens is 202 g/mol. The van der Waals surface area contributed by atoms with Crippen molar-refractivity contribution in [2.75, 3.05) is 12.4 Å². The van der Waals surface area contributed by atoms with Crippen LogP contribution in [0.3, 0.4) is 0 Å². The van der Waals surface area contributed by atoms with E-state index in [-0.39, 0.29) is 0 Å². The van der Waals surface area contributed by atoms with Crippen LogP contribution in [0.2, 0.25) is 0 Å². The van der Waals surface area contributed by atoms with Gasteiger partial charge in [0, 0.05) is 27.7 Å². The van der Waals surface area contributed by atoms with E-state index in [0.717, 1.165) is 5.69 Å². The molecule has 0 bridgehead atoms. The van der Waals surface area contributed by atoms with Crippen molar-refractivity contribution in [2.45, 2.75) is 0 Å². The average molecular weight is 215 g/mol. The molecule has 2 heteroatoms. The first kappa shape index (κ1) is 9.99. The molecule has 2 rings (SSSR count). The summed E-state index contributed by atoms with van der Waals surface area (Å²) < 4.78 is 1.28. The van der Waals surface area contributed by atoms with Gasteiger partial charge in [0.05, 0.1) is 0 Å². The monoisotopic (exact) mass is 215 g/mol. The molecule has 1 N–H and O–H groups in total. The van der Waals surface area contributed by atoms with E-state index >= 15 is 0 Å². The number of hydrogen-bond acceptors (Lipinski definition) is 2. The number of nitrogens with one attached hydrogen (secondary N) is 1. The molecular formula is C13H13NS. The lowest BCUT2D eigenvalue weighted by Gasteiger charge is -1.99. The molecule has 1 aromatic carbocycles. The van der Waals surface area contributed by atoms with Crippen LogP contribution in [0.4, 0.5) is 5.69 Å². The summed E-state index contributed by atoms with van der Waals surface area (Å²) in [6.45, 7) is 7.68. The lowest BCUT2D eigenvalue weighted by atomic mass is 10.1. The fourth-order valence-electron chi connectivity index (χ4n) is 1.65. The number of rotatable bonds is 3. The van der Waals surface area contributed by atoms with Crippen LogP contribution in [-0.4, -0.2) is 7.05 Å². The zero-order valence-electron chi connectivity index (χ0n) is 8.71. The van der Waals surface area contributed by atoms with Crippen molar-refractivity contribution in [1.82, 2.24) is 0 Å². The fraction of sp³-hybridized carbons (Fsp3) is 0.0769. The highest BCUT2D eigenvalue weighted by molar-refractivity contribution is 7.20. The zero-order chi connectivity index (χ0) is 10.8. The number of fused-ring (bicyclic) bond motifs is 1. The highest BCUT2D eigenvalue weighted by atomic mass is 32.1. The second kappa shape index (κ2) is 3.91. The SMILES string of the molecule is C=Cc1sc2ccc(NC)cc2c1C=C. The summed E-state index contributed by atoms with van der Waals surface area (Å²) >= 11 is 1.75. The van der Waals surface area contributed by atoms with E-state index in [4.69, 9.17) is 0 Å². The van der Waals surface area contributed by atoms with E-state index in [9.17, 15) is 0 Å². The lowest BCUT2D eigenvalue weighted by Crippen LogP contribution is -1.86. The average Bonchev–Trinajstić information content (AvgIpc) is 2.65. The summed E-state index contributed by atoms with van der Waals surface area (Å²) in [6, 6.07) is 6.36. The molecule has 0 amide bonds. The Hall–Kier alpha value is -1.54. The van der Waals surface area contributed by atoms with Crippen molar-refractivity contribution in [3.63, 3.8) is 0 Å². The van der Waals surface area contributed by atoms with Gasteiger partial charge in [-0.25, -0.2) is 0 Å². The molecule has 1 aromatic heterocycles. The first-order chi connectivity index (χ1) is 7.30. The van der Waals surface area contributed by atoms with Gasteiger partial charge in [-0.3, -0.25) is 0 Å². The normalized spacial score (nSPS) is 10.2. The third-order valence-electron chi connectivity index (χ3n) is 2.43. The largest absolute Gasteiger partial charge is 0.388 e. The van der Waals surface area contributed by atoms with Crippen LogP contribution in [0.1, 0.15) is 10.4 Å². The minimum absolute atomic E-state index is 1.12. The number of hydrogen-bond donors (Lipinski definition) is 1. The van der Waals surface area contributed by atoms with Gasteiger partial charge in [0.2, 0.25) is 0 Å². The molecule has 76 valence electrons. The second-order valence-corrected chi connectivity index (χ2v) is 4.33. The first-order valence-electron chi connectivity index (χ1n) is 4.79. The number of benzene rings is 1. The molecule has 0 saturated carbocycles. The van der Waals surface area contributed by atoms with Gasteiger partial charge < -0.3 is 5.32 Å². The van der Waals surface area contributed by atoms with Crippen molar-refractivity contribution >= 4 is 39.3 Å². The summed E-state index contributed by atoms with van der Waals surface area (Å²) in [5.41, 5.74) is 2.31. The van der Waals surface area contributed by atoms with Crippen molar-refractivity contribution < 1.29 is 0 Å². The van der Waals surface area contributed by atoms with Gasteiger partial charge in [0.15, 0.2) is 0 Å². The highest BCUT2D eigenvalue weighted by Crippen LogP contribution is 2.34. The van der Waals surface area contributed by atoms with Crippen LogP contribution >= 0.6 is 11.3 Å². The van der Waals surface area contributed by atoms with E-state index in [1.807, 2.05) is 19.2 Å². The van der Waals surface area contributed by atoms with Gasteiger partial charge in [-0.05, 0) is 23.8 Å². The van der Waals surface area contributed by atoms with Crippen LogP contribution in [0.15, 0.2) is 31.4 Å². The van der Waals surface area contributed by atoms with Crippen LogP contribution in [0.5, 0.6) is 0 Å². The van der Waals surface area contributed by atoms with Gasteiger partial charge in [0.1, 0.15) is 0 Å². The summed E-state index contributed by atoms with van der Waals surface area (Å²) in [7, 11) is 1.93. The van der Waals surface area contributed by atoms with E-state index < -0.39 is 0 Å². The Kier molecular flexibility index (Phi) is 2.60. The molecule has 0 aliphatic heterocycles. The number of thiophene rings is 1. The molecule has 0 spiro atoms. The lowest BCUT2D eigenvalue weighted by molar-refractivity contribution is 1.54. The smallest absolute Gasteiger partial charge is 0.0356 e. The van der Waals surface area contributed by atoms with Gasteiger partial charge >= 0.3 is 0 Å². The Morgan fingerprint density at radius 2 is 2.07 bits per heavy atom. The molecule has 0 aliphatic carbocycles. The molecule has 0 saturated heterocycles. The molecule has 15 heavy (non-hydrogen) atoms. The van der Waals surface area contributed by atoms with Crippen molar-refractivity contribution in [2.24, 2.45) is 0 Å². The van der Waals surface area contributed by atoms with Gasteiger partial charge in [-0.1, -0.05) is 25.3 Å². The van der Waals surface area contributed by atoms with Crippen LogP contribution in [0.25, 0.3) is 22.2 Å². The van der Waals surface area contributed by atoms with Crippen LogP contribution in [0, 0.1) is 0 Å². The Balaban J connectivity index is 2.78. The van der Waals surface area contributed by atoms with Crippen molar-refractivity contribution in [3.05, 3.63) is 41.8 Å². The Morgan fingerprint density at radius 1 is 1.27 bits per heavy atom. The maximum atomic E-state index is 3.86. The number of anilines is 1. The summed E-state index contributed by atoms with van der Waals surface area (Å²) in [6.07, 6.45) is 3.79. The third kappa shape index (κ3) is 1.57. The van der Waals surface area contributed by atoms with Crippen molar-refractivity contribution in [3.8, 4) is 0 Å². The Bertz CT molecular complexity index is 523. The maximum Gasteiger partial charge on any atom is 0.0356 e. The minimum atomic E-state index is 1.12. The first-order valence-corrected chi connectivity index (χ1v) is 5.61. The van der Waals surface area contributed by atoms with E-state index in [1.54, 1.807) is 11.3 Å². The standard InChI is InChI=1S/C13H13NS/c1-4-10-11-8-9(14-3)6-7-13(11)15-12(10)5-2/h4-8,14H,1-2H2,3H3. The predicted molar refractivity (Wildman–Crippen MR) is 71.6 cm³/mol.